The van der Waals surface area contributed by atoms with Crippen molar-refractivity contribution in [2.75, 3.05) is 6.54 Å². The largest absolute Gasteiger partial charge is 0.308 e. The van der Waals surface area contributed by atoms with Crippen molar-refractivity contribution >= 4 is 0 Å². The van der Waals surface area contributed by atoms with Crippen molar-refractivity contribution in [3.05, 3.63) is 53.3 Å². The van der Waals surface area contributed by atoms with E-state index in [1.54, 1.807) is 0 Å². The first-order valence-corrected chi connectivity index (χ1v) is 7.50. The number of nitrogens with one attached hydrogen (secondary N) is 1. The predicted octanol–water partition coefficient (Wildman–Crippen LogP) is 3.49. The zero-order chi connectivity index (χ0) is 14.4. The Morgan fingerprint density at radius 1 is 1.25 bits per heavy atom. The number of nitrogens with zero attached hydrogens (tertiary/aromatic N) is 2. The zero-order valence-electron chi connectivity index (χ0n) is 12.8. The van der Waals surface area contributed by atoms with Crippen LogP contribution in [0.2, 0.25) is 0 Å². The van der Waals surface area contributed by atoms with Gasteiger partial charge in [-0.25, -0.2) is 0 Å². The van der Waals surface area contributed by atoms with Crippen molar-refractivity contribution in [3.8, 4) is 0 Å². The van der Waals surface area contributed by atoms with Crippen LogP contribution < -0.4 is 5.32 Å². The second kappa shape index (κ2) is 7.25. The molecule has 0 amide bonds. The van der Waals surface area contributed by atoms with E-state index in [4.69, 9.17) is 0 Å². The summed E-state index contributed by atoms with van der Waals surface area (Å²) >= 11 is 0. The van der Waals surface area contributed by atoms with Crippen LogP contribution in [0.3, 0.4) is 0 Å². The number of benzene rings is 1. The Morgan fingerprint density at radius 3 is 2.60 bits per heavy atom. The molecule has 1 heterocycles. The molecule has 0 aliphatic heterocycles. The van der Waals surface area contributed by atoms with Crippen LogP contribution >= 0.6 is 0 Å². The highest BCUT2D eigenvalue weighted by atomic mass is 15.3. The standard InChI is InChI=1S/C17H25N3/c1-4-5-16-6-8-17(9-7-16)15(3)18-10-11-20-13-14(2)12-19-20/h6-9,12-13,15,18H,4-5,10-11H2,1-3H3. The predicted molar refractivity (Wildman–Crippen MR) is 83.8 cm³/mol. The number of hydrogen-bond donors (Lipinski definition) is 1. The van der Waals surface area contributed by atoms with Crippen LogP contribution in [0.25, 0.3) is 0 Å². The van der Waals surface area contributed by atoms with Gasteiger partial charge in [0.25, 0.3) is 0 Å². The Morgan fingerprint density at radius 2 is 2.00 bits per heavy atom. The Kier molecular flexibility index (Phi) is 5.36. The number of aromatic nitrogens is 2. The second-order valence-electron chi connectivity index (χ2n) is 5.45. The molecule has 0 bridgehead atoms. The lowest BCUT2D eigenvalue weighted by atomic mass is 10.0. The normalized spacial score (nSPS) is 12.6. The van der Waals surface area contributed by atoms with Gasteiger partial charge in [0.05, 0.1) is 12.7 Å². The third-order valence-electron chi connectivity index (χ3n) is 3.57. The lowest BCUT2D eigenvalue weighted by molar-refractivity contribution is 0.507. The maximum Gasteiger partial charge on any atom is 0.0534 e. The number of rotatable bonds is 7. The summed E-state index contributed by atoms with van der Waals surface area (Å²) in [4.78, 5) is 0. The van der Waals surface area contributed by atoms with Crippen LogP contribution in [-0.4, -0.2) is 16.3 Å². The minimum absolute atomic E-state index is 0.377. The van der Waals surface area contributed by atoms with Crippen molar-refractivity contribution in [1.29, 1.82) is 0 Å². The maximum atomic E-state index is 4.29. The molecule has 0 aliphatic carbocycles. The van der Waals surface area contributed by atoms with Crippen LogP contribution in [0.15, 0.2) is 36.7 Å². The summed E-state index contributed by atoms with van der Waals surface area (Å²) in [6.07, 6.45) is 6.35. The fourth-order valence-corrected chi connectivity index (χ4v) is 2.36. The van der Waals surface area contributed by atoms with E-state index in [9.17, 15) is 0 Å². The van der Waals surface area contributed by atoms with Gasteiger partial charge < -0.3 is 5.32 Å². The van der Waals surface area contributed by atoms with Gasteiger partial charge in [0.15, 0.2) is 0 Å². The van der Waals surface area contributed by atoms with E-state index >= 15 is 0 Å². The van der Waals surface area contributed by atoms with E-state index in [1.807, 2.05) is 10.9 Å². The van der Waals surface area contributed by atoms with Gasteiger partial charge in [0, 0.05) is 18.8 Å². The Balaban J connectivity index is 1.80. The summed E-state index contributed by atoms with van der Waals surface area (Å²) < 4.78 is 1.99. The zero-order valence-corrected chi connectivity index (χ0v) is 12.8. The molecule has 1 aromatic heterocycles. The average molecular weight is 271 g/mol. The van der Waals surface area contributed by atoms with Gasteiger partial charge in [0.2, 0.25) is 0 Å². The molecule has 0 spiro atoms. The van der Waals surface area contributed by atoms with Crippen molar-refractivity contribution in [1.82, 2.24) is 15.1 Å². The third-order valence-corrected chi connectivity index (χ3v) is 3.57. The van der Waals surface area contributed by atoms with Gasteiger partial charge >= 0.3 is 0 Å². The molecule has 3 nitrogen and oxygen atoms in total. The van der Waals surface area contributed by atoms with Crippen molar-refractivity contribution < 1.29 is 0 Å². The first kappa shape index (κ1) is 14.8. The Hall–Kier alpha value is -1.61. The van der Waals surface area contributed by atoms with Crippen molar-refractivity contribution in [2.24, 2.45) is 0 Å². The topological polar surface area (TPSA) is 29.9 Å². The minimum Gasteiger partial charge on any atom is -0.308 e. The summed E-state index contributed by atoms with van der Waals surface area (Å²) in [6.45, 7) is 8.33. The summed E-state index contributed by atoms with van der Waals surface area (Å²) in [5.74, 6) is 0. The maximum absolute atomic E-state index is 4.29. The lowest BCUT2D eigenvalue weighted by Gasteiger charge is -2.14. The van der Waals surface area contributed by atoms with Gasteiger partial charge in [-0.1, -0.05) is 37.6 Å². The van der Waals surface area contributed by atoms with Gasteiger partial charge in [-0.3, -0.25) is 4.68 Å². The fraction of sp³-hybridized carbons (Fsp3) is 0.471. The summed E-state index contributed by atoms with van der Waals surface area (Å²) in [7, 11) is 0. The number of hydrogen-bond acceptors (Lipinski definition) is 2. The highest BCUT2D eigenvalue weighted by Crippen LogP contribution is 2.14. The van der Waals surface area contributed by atoms with E-state index in [0.29, 0.717) is 6.04 Å². The molecule has 0 saturated carbocycles. The first-order valence-electron chi connectivity index (χ1n) is 7.50. The van der Waals surface area contributed by atoms with E-state index in [2.05, 4.69) is 61.6 Å². The summed E-state index contributed by atoms with van der Waals surface area (Å²) in [6, 6.07) is 9.34. The highest BCUT2D eigenvalue weighted by molar-refractivity contribution is 5.24. The molecule has 3 heteroatoms. The molecular formula is C17H25N3. The highest BCUT2D eigenvalue weighted by Gasteiger charge is 2.04. The monoisotopic (exact) mass is 271 g/mol. The fourth-order valence-electron chi connectivity index (χ4n) is 2.36. The molecular weight excluding hydrogens is 246 g/mol. The van der Waals surface area contributed by atoms with Crippen molar-refractivity contribution in [3.63, 3.8) is 0 Å². The van der Waals surface area contributed by atoms with Crippen LogP contribution in [0.4, 0.5) is 0 Å². The quantitative estimate of drug-likeness (QED) is 0.835. The molecule has 0 fully saturated rings. The molecule has 0 aliphatic rings. The summed E-state index contributed by atoms with van der Waals surface area (Å²) in [5.41, 5.74) is 3.99. The van der Waals surface area contributed by atoms with Gasteiger partial charge in [-0.2, -0.15) is 5.10 Å². The molecule has 1 unspecified atom stereocenters. The molecule has 108 valence electrons. The van der Waals surface area contributed by atoms with Crippen LogP contribution in [0.1, 0.15) is 43.0 Å². The van der Waals surface area contributed by atoms with E-state index < -0.39 is 0 Å². The van der Waals surface area contributed by atoms with E-state index in [1.165, 1.54) is 29.5 Å². The van der Waals surface area contributed by atoms with Gasteiger partial charge in [-0.15, -0.1) is 0 Å². The molecule has 1 aromatic carbocycles. The molecule has 20 heavy (non-hydrogen) atoms. The molecule has 1 N–H and O–H groups in total. The average Bonchev–Trinajstić information content (AvgIpc) is 2.85. The van der Waals surface area contributed by atoms with Gasteiger partial charge in [-0.05, 0) is 37.0 Å². The van der Waals surface area contributed by atoms with Crippen LogP contribution in [0.5, 0.6) is 0 Å². The van der Waals surface area contributed by atoms with Gasteiger partial charge in [0.1, 0.15) is 0 Å². The van der Waals surface area contributed by atoms with Crippen LogP contribution in [-0.2, 0) is 13.0 Å². The second-order valence-corrected chi connectivity index (χ2v) is 5.45. The minimum atomic E-state index is 0.377. The molecule has 0 radical (unpaired) electrons. The van der Waals surface area contributed by atoms with Crippen LogP contribution in [0, 0.1) is 6.92 Å². The lowest BCUT2D eigenvalue weighted by Crippen LogP contribution is -2.23. The molecule has 2 aromatic rings. The van der Waals surface area contributed by atoms with Crippen molar-refractivity contribution in [2.45, 2.75) is 46.2 Å². The summed E-state index contributed by atoms with van der Waals surface area (Å²) in [5, 5.41) is 7.84. The Bertz CT molecular complexity index is 513. The van der Waals surface area contributed by atoms with E-state index in [0.717, 1.165) is 13.1 Å². The SMILES string of the molecule is CCCc1ccc(C(C)NCCn2cc(C)cn2)cc1. The third kappa shape index (κ3) is 4.20. The Labute approximate surface area is 122 Å². The van der Waals surface area contributed by atoms with E-state index in [-0.39, 0.29) is 0 Å². The molecule has 0 saturated heterocycles. The smallest absolute Gasteiger partial charge is 0.0534 e. The molecule has 1 atom stereocenters. The number of aryl methyl sites for hydroxylation is 2. The first-order chi connectivity index (χ1) is 9.69. The molecule has 2 rings (SSSR count).